The summed E-state index contributed by atoms with van der Waals surface area (Å²) in [6.45, 7) is 8.38. The molecule has 3 N–H and O–H groups in total. The fraction of sp³-hybridized carbons (Fsp3) is 0.533. The molecular weight excluding hydrogens is 254 g/mol. The largest absolute Gasteiger partial charge is 0.496 e. The summed E-state index contributed by atoms with van der Waals surface area (Å²) < 4.78 is 5.24. The highest BCUT2D eigenvalue weighted by Gasteiger charge is 2.13. The molecule has 0 radical (unpaired) electrons. The molecule has 0 aliphatic carbocycles. The van der Waals surface area contributed by atoms with Gasteiger partial charge in [0, 0.05) is 12.6 Å². The summed E-state index contributed by atoms with van der Waals surface area (Å²) in [5.41, 5.74) is 7.43. The van der Waals surface area contributed by atoms with Crippen molar-refractivity contribution in [2.75, 3.05) is 13.7 Å². The average molecular weight is 279 g/mol. The first-order valence-electron chi connectivity index (χ1n) is 6.96. The monoisotopic (exact) mass is 279 g/mol. The van der Waals surface area contributed by atoms with Crippen molar-refractivity contribution in [2.24, 2.45) is 10.9 Å². The van der Waals surface area contributed by atoms with E-state index >= 15 is 0 Å². The standard InChI is InChI=1S/C15H25N3O2/c1-5-11(3)18(6-2)10-12-7-8-14(20-4)13(9-12)15(16)17-19/h7-9,11,19H,5-6,10H2,1-4H3,(H2,16,17). The highest BCUT2D eigenvalue weighted by molar-refractivity contribution is 5.99. The van der Waals surface area contributed by atoms with Crippen LogP contribution in [0.15, 0.2) is 23.4 Å². The van der Waals surface area contributed by atoms with Crippen LogP contribution in [-0.4, -0.2) is 35.6 Å². The van der Waals surface area contributed by atoms with Crippen molar-refractivity contribution in [3.63, 3.8) is 0 Å². The van der Waals surface area contributed by atoms with Gasteiger partial charge in [-0.2, -0.15) is 0 Å². The molecule has 0 aromatic heterocycles. The van der Waals surface area contributed by atoms with Crippen molar-refractivity contribution in [2.45, 2.75) is 39.8 Å². The lowest BCUT2D eigenvalue weighted by Gasteiger charge is -2.27. The van der Waals surface area contributed by atoms with Crippen molar-refractivity contribution >= 4 is 5.84 Å². The minimum atomic E-state index is 0.0651. The van der Waals surface area contributed by atoms with Gasteiger partial charge in [0.25, 0.3) is 0 Å². The Kier molecular flexibility index (Phi) is 6.31. The molecular formula is C15H25N3O2. The molecule has 5 heteroatoms. The maximum atomic E-state index is 8.85. The zero-order chi connectivity index (χ0) is 15.1. The average Bonchev–Trinajstić information content (AvgIpc) is 2.50. The minimum absolute atomic E-state index is 0.0651. The SMILES string of the molecule is CCC(C)N(CC)Cc1ccc(OC)c(C(N)=NO)c1. The second kappa shape index (κ2) is 7.75. The highest BCUT2D eigenvalue weighted by atomic mass is 16.5. The van der Waals surface area contributed by atoms with Crippen molar-refractivity contribution in [3.8, 4) is 5.75 Å². The van der Waals surface area contributed by atoms with Crippen molar-refractivity contribution in [1.82, 2.24) is 4.90 Å². The van der Waals surface area contributed by atoms with E-state index in [9.17, 15) is 0 Å². The molecule has 1 aromatic carbocycles. The Hall–Kier alpha value is -1.75. The first-order valence-corrected chi connectivity index (χ1v) is 6.96. The molecule has 1 rings (SSSR count). The molecule has 1 unspecified atom stereocenters. The molecule has 0 spiro atoms. The van der Waals surface area contributed by atoms with Crippen LogP contribution in [0.2, 0.25) is 0 Å². The summed E-state index contributed by atoms with van der Waals surface area (Å²) in [7, 11) is 1.57. The molecule has 0 saturated carbocycles. The Morgan fingerprint density at radius 1 is 1.45 bits per heavy atom. The molecule has 1 aromatic rings. The maximum absolute atomic E-state index is 8.85. The normalized spacial score (nSPS) is 13.6. The quantitative estimate of drug-likeness (QED) is 0.348. The van der Waals surface area contributed by atoms with Gasteiger partial charge in [-0.15, -0.1) is 0 Å². The van der Waals surface area contributed by atoms with Gasteiger partial charge in [0.05, 0.1) is 12.7 Å². The smallest absolute Gasteiger partial charge is 0.173 e. The number of rotatable bonds is 7. The van der Waals surface area contributed by atoms with Gasteiger partial charge < -0.3 is 15.7 Å². The summed E-state index contributed by atoms with van der Waals surface area (Å²) in [6.07, 6.45) is 1.11. The van der Waals surface area contributed by atoms with Crippen LogP contribution in [0.3, 0.4) is 0 Å². The van der Waals surface area contributed by atoms with E-state index in [0.29, 0.717) is 17.4 Å². The molecule has 112 valence electrons. The Morgan fingerprint density at radius 2 is 2.15 bits per heavy atom. The minimum Gasteiger partial charge on any atom is -0.496 e. The molecule has 0 aliphatic heterocycles. The number of methoxy groups -OCH3 is 1. The second-order valence-electron chi connectivity index (χ2n) is 4.84. The lowest BCUT2D eigenvalue weighted by molar-refractivity contribution is 0.206. The van der Waals surface area contributed by atoms with Gasteiger partial charge >= 0.3 is 0 Å². The number of hydrogen-bond acceptors (Lipinski definition) is 4. The number of nitrogens with zero attached hydrogens (tertiary/aromatic N) is 2. The number of ether oxygens (including phenoxy) is 1. The third-order valence-corrected chi connectivity index (χ3v) is 3.65. The predicted molar refractivity (Wildman–Crippen MR) is 81.3 cm³/mol. The molecule has 20 heavy (non-hydrogen) atoms. The zero-order valence-corrected chi connectivity index (χ0v) is 12.8. The van der Waals surface area contributed by atoms with Crippen molar-refractivity contribution in [3.05, 3.63) is 29.3 Å². The number of amidine groups is 1. The van der Waals surface area contributed by atoms with Gasteiger partial charge in [-0.1, -0.05) is 25.1 Å². The number of oxime groups is 1. The van der Waals surface area contributed by atoms with E-state index in [1.807, 2.05) is 18.2 Å². The maximum Gasteiger partial charge on any atom is 0.173 e. The van der Waals surface area contributed by atoms with Gasteiger partial charge in [-0.3, -0.25) is 4.90 Å². The molecule has 5 nitrogen and oxygen atoms in total. The molecule has 0 bridgehead atoms. The van der Waals surface area contributed by atoms with Crippen LogP contribution in [0.5, 0.6) is 5.75 Å². The van der Waals surface area contributed by atoms with E-state index in [1.54, 1.807) is 7.11 Å². The van der Waals surface area contributed by atoms with E-state index < -0.39 is 0 Å². The molecule has 0 saturated heterocycles. The van der Waals surface area contributed by atoms with Crippen molar-refractivity contribution in [1.29, 1.82) is 0 Å². The Balaban J connectivity index is 3.02. The predicted octanol–water partition coefficient (Wildman–Crippen LogP) is 2.41. The Bertz CT molecular complexity index is 460. The lowest BCUT2D eigenvalue weighted by atomic mass is 10.1. The molecule has 0 amide bonds. The Morgan fingerprint density at radius 3 is 2.65 bits per heavy atom. The van der Waals surface area contributed by atoms with Gasteiger partial charge in [0.1, 0.15) is 5.75 Å². The topological polar surface area (TPSA) is 71.1 Å². The summed E-state index contributed by atoms with van der Waals surface area (Å²) >= 11 is 0. The van der Waals surface area contributed by atoms with Gasteiger partial charge in [-0.25, -0.2) is 0 Å². The summed E-state index contributed by atoms with van der Waals surface area (Å²) in [5, 5.41) is 11.9. The zero-order valence-electron chi connectivity index (χ0n) is 12.8. The summed E-state index contributed by atoms with van der Waals surface area (Å²) in [6, 6.07) is 6.30. The summed E-state index contributed by atoms with van der Waals surface area (Å²) in [4.78, 5) is 2.39. The first-order chi connectivity index (χ1) is 9.57. The van der Waals surface area contributed by atoms with Crippen LogP contribution < -0.4 is 10.5 Å². The van der Waals surface area contributed by atoms with Crippen LogP contribution in [0, 0.1) is 0 Å². The van der Waals surface area contributed by atoms with Crippen LogP contribution in [0.25, 0.3) is 0 Å². The van der Waals surface area contributed by atoms with Gasteiger partial charge in [0.15, 0.2) is 5.84 Å². The molecule has 1 atom stereocenters. The summed E-state index contributed by atoms with van der Waals surface area (Å²) in [5.74, 6) is 0.672. The fourth-order valence-electron chi connectivity index (χ4n) is 2.18. The molecule has 0 heterocycles. The van der Waals surface area contributed by atoms with Crippen LogP contribution in [0.1, 0.15) is 38.3 Å². The second-order valence-corrected chi connectivity index (χ2v) is 4.84. The first kappa shape index (κ1) is 16.3. The third kappa shape index (κ3) is 3.87. The number of hydrogen-bond donors (Lipinski definition) is 2. The number of benzene rings is 1. The third-order valence-electron chi connectivity index (χ3n) is 3.65. The van der Waals surface area contributed by atoms with E-state index in [4.69, 9.17) is 15.7 Å². The van der Waals surface area contributed by atoms with E-state index in [-0.39, 0.29) is 5.84 Å². The van der Waals surface area contributed by atoms with Crippen LogP contribution in [0.4, 0.5) is 0 Å². The lowest BCUT2D eigenvalue weighted by Crippen LogP contribution is -2.31. The molecule has 0 aliphatic rings. The Labute approximate surface area is 121 Å². The van der Waals surface area contributed by atoms with Gasteiger partial charge in [-0.05, 0) is 37.6 Å². The number of nitrogens with two attached hydrogens (primary N) is 1. The highest BCUT2D eigenvalue weighted by Crippen LogP contribution is 2.21. The molecule has 0 fully saturated rings. The van der Waals surface area contributed by atoms with Crippen LogP contribution in [-0.2, 0) is 6.54 Å². The van der Waals surface area contributed by atoms with Crippen LogP contribution >= 0.6 is 0 Å². The van der Waals surface area contributed by atoms with E-state index in [1.165, 1.54) is 0 Å². The van der Waals surface area contributed by atoms with Crippen molar-refractivity contribution < 1.29 is 9.94 Å². The van der Waals surface area contributed by atoms with Gasteiger partial charge in [0.2, 0.25) is 0 Å². The van der Waals surface area contributed by atoms with E-state index in [0.717, 1.165) is 25.1 Å². The van der Waals surface area contributed by atoms with E-state index in [2.05, 4.69) is 30.8 Å². The fourth-order valence-corrected chi connectivity index (χ4v) is 2.18.